The largest absolute Gasteiger partial charge is 0.382 e. The maximum atomic E-state index is 12.6. The van der Waals surface area contributed by atoms with Crippen LogP contribution in [0.1, 0.15) is 49.1 Å². The number of aromatic nitrogens is 4. The lowest BCUT2D eigenvalue weighted by molar-refractivity contribution is 0.608. The van der Waals surface area contributed by atoms with Gasteiger partial charge >= 0.3 is 0 Å². The highest BCUT2D eigenvalue weighted by atomic mass is 16.1. The molecule has 0 fully saturated rings. The fourth-order valence-corrected chi connectivity index (χ4v) is 3.47. The van der Waals surface area contributed by atoms with Gasteiger partial charge in [-0.2, -0.15) is 14.9 Å². The minimum Gasteiger partial charge on any atom is -0.382 e. The molecule has 0 atom stereocenters. The number of nitrogens with two attached hydrogens (primary N) is 1. The standard InChI is InChI=1S/C21H27N7O/c1-4-6-11-27-12-7-8-15(21(27)29)9-10-24-19-17(13-22)18(23)28-20(25-19)16(5-2)14(3)26-28/h7-8,12H,4-6,9-11,23H2,1-3H3,(H,24,25). The Morgan fingerprint density at radius 2 is 2.14 bits per heavy atom. The summed E-state index contributed by atoms with van der Waals surface area (Å²) in [5.74, 6) is 0.693. The monoisotopic (exact) mass is 393 g/mol. The Kier molecular flexibility index (Phi) is 6.17. The van der Waals surface area contributed by atoms with Crippen LogP contribution >= 0.6 is 0 Å². The van der Waals surface area contributed by atoms with E-state index in [0.717, 1.165) is 42.6 Å². The second-order valence-electron chi connectivity index (χ2n) is 7.05. The van der Waals surface area contributed by atoms with Crippen LogP contribution in [0.25, 0.3) is 5.65 Å². The molecule has 0 saturated carbocycles. The molecule has 0 bridgehead atoms. The molecule has 3 rings (SSSR count). The first kappa shape index (κ1) is 20.4. The number of nitrogens with zero attached hydrogens (tertiary/aromatic N) is 5. The summed E-state index contributed by atoms with van der Waals surface area (Å²) in [4.78, 5) is 17.2. The zero-order valence-corrected chi connectivity index (χ0v) is 17.2. The van der Waals surface area contributed by atoms with Gasteiger partial charge in [0.2, 0.25) is 0 Å². The van der Waals surface area contributed by atoms with E-state index in [1.165, 1.54) is 4.52 Å². The molecule has 29 heavy (non-hydrogen) atoms. The summed E-state index contributed by atoms with van der Waals surface area (Å²) in [6.45, 7) is 7.24. The zero-order valence-electron chi connectivity index (χ0n) is 17.2. The summed E-state index contributed by atoms with van der Waals surface area (Å²) in [5.41, 5.74) is 9.73. The number of nitriles is 1. The zero-order chi connectivity index (χ0) is 21.0. The predicted molar refractivity (Wildman–Crippen MR) is 114 cm³/mol. The molecule has 0 aliphatic heterocycles. The molecule has 0 radical (unpaired) electrons. The summed E-state index contributed by atoms with van der Waals surface area (Å²) in [6.07, 6.45) is 5.14. The summed E-state index contributed by atoms with van der Waals surface area (Å²) in [6, 6.07) is 5.86. The lowest BCUT2D eigenvalue weighted by atomic mass is 10.2. The molecule has 0 spiro atoms. The van der Waals surface area contributed by atoms with Crippen LogP contribution in [0.15, 0.2) is 23.1 Å². The van der Waals surface area contributed by atoms with E-state index in [2.05, 4.69) is 28.4 Å². The SMILES string of the molecule is CCCCn1cccc(CCNc2nc3c(CC)c(C)nn3c(N)c2C#N)c1=O. The first-order valence-electron chi connectivity index (χ1n) is 10.0. The second-order valence-corrected chi connectivity index (χ2v) is 7.05. The fraction of sp³-hybridized carbons (Fsp3) is 0.429. The Morgan fingerprint density at radius 3 is 2.83 bits per heavy atom. The van der Waals surface area contributed by atoms with Crippen molar-refractivity contribution in [2.45, 2.75) is 53.0 Å². The number of nitrogen functional groups attached to an aromatic ring is 1. The third kappa shape index (κ3) is 3.94. The van der Waals surface area contributed by atoms with Gasteiger partial charge in [-0.15, -0.1) is 0 Å². The number of hydrogen-bond acceptors (Lipinski definition) is 6. The lowest BCUT2D eigenvalue weighted by Crippen LogP contribution is -2.24. The third-order valence-electron chi connectivity index (χ3n) is 5.10. The molecule has 3 aromatic rings. The Labute approximate surface area is 170 Å². The molecule has 8 heteroatoms. The van der Waals surface area contributed by atoms with Gasteiger partial charge in [0.1, 0.15) is 23.3 Å². The van der Waals surface area contributed by atoms with E-state index >= 15 is 0 Å². The number of anilines is 2. The van der Waals surface area contributed by atoms with Gasteiger partial charge in [-0.3, -0.25) is 4.79 Å². The Hall–Kier alpha value is -3.34. The summed E-state index contributed by atoms with van der Waals surface area (Å²) >= 11 is 0. The Balaban J connectivity index is 1.84. The van der Waals surface area contributed by atoms with E-state index in [1.54, 1.807) is 4.57 Å². The molecular weight excluding hydrogens is 366 g/mol. The van der Waals surface area contributed by atoms with Crippen molar-refractivity contribution in [3.05, 3.63) is 51.1 Å². The molecular formula is C21H27N7O. The van der Waals surface area contributed by atoms with Crippen molar-refractivity contribution >= 4 is 17.3 Å². The lowest BCUT2D eigenvalue weighted by Gasteiger charge is -2.11. The van der Waals surface area contributed by atoms with Crippen LogP contribution in [0, 0.1) is 18.3 Å². The van der Waals surface area contributed by atoms with Crippen molar-refractivity contribution in [1.82, 2.24) is 19.2 Å². The number of aryl methyl sites for hydroxylation is 3. The molecule has 3 aromatic heterocycles. The number of pyridine rings is 1. The molecule has 152 valence electrons. The summed E-state index contributed by atoms with van der Waals surface area (Å²) < 4.78 is 3.28. The summed E-state index contributed by atoms with van der Waals surface area (Å²) in [5, 5.41) is 17.2. The second kappa shape index (κ2) is 8.78. The van der Waals surface area contributed by atoms with Gasteiger partial charge in [0.05, 0.1) is 5.69 Å². The average molecular weight is 393 g/mol. The van der Waals surface area contributed by atoms with Gasteiger partial charge in [0.15, 0.2) is 5.65 Å². The van der Waals surface area contributed by atoms with Crippen LogP contribution in [0.5, 0.6) is 0 Å². The maximum absolute atomic E-state index is 12.6. The normalized spacial score (nSPS) is 11.0. The molecule has 8 nitrogen and oxygen atoms in total. The molecule has 3 N–H and O–H groups in total. The smallest absolute Gasteiger partial charge is 0.253 e. The van der Waals surface area contributed by atoms with E-state index in [0.29, 0.717) is 24.4 Å². The van der Waals surface area contributed by atoms with Crippen LogP contribution in [-0.2, 0) is 19.4 Å². The highest BCUT2D eigenvalue weighted by Crippen LogP contribution is 2.24. The number of unbranched alkanes of at least 4 members (excludes halogenated alkanes) is 1. The van der Waals surface area contributed by atoms with Crippen LogP contribution in [-0.4, -0.2) is 25.7 Å². The van der Waals surface area contributed by atoms with Gasteiger partial charge in [-0.1, -0.05) is 26.3 Å². The predicted octanol–water partition coefficient (Wildman–Crippen LogP) is 2.67. The minimum atomic E-state index is 0.0332. The van der Waals surface area contributed by atoms with Crippen molar-refractivity contribution in [2.75, 3.05) is 17.6 Å². The molecule has 0 saturated heterocycles. The van der Waals surface area contributed by atoms with Crippen molar-refractivity contribution in [3.63, 3.8) is 0 Å². The first-order valence-corrected chi connectivity index (χ1v) is 10.0. The highest BCUT2D eigenvalue weighted by molar-refractivity contribution is 5.69. The Bertz CT molecular complexity index is 1120. The van der Waals surface area contributed by atoms with Gasteiger partial charge in [-0.25, -0.2) is 4.98 Å². The van der Waals surface area contributed by atoms with E-state index in [4.69, 9.17) is 5.73 Å². The van der Waals surface area contributed by atoms with Crippen molar-refractivity contribution in [1.29, 1.82) is 5.26 Å². The molecule has 0 aliphatic rings. The molecule has 0 amide bonds. The number of hydrogen-bond donors (Lipinski definition) is 2. The van der Waals surface area contributed by atoms with Crippen molar-refractivity contribution in [2.24, 2.45) is 0 Å². The van der Waals surface area contributed by atoms with Crippen LogP contribution in [0.4, 0.5) is 11.6 Å². The fourth-order valence-electron chi connectivity index (χ4n) is 3.47. The van der Waals surface area contributed by atoms with Gasteiger partial charge < -0.3 is 15.6 Å². The summed E-state index contributed by atoms with van der Waals surface area (Å²) in [7, 11) is 0. The molecule has 0 aromatic carbocycles. The molecule has 0 aliphatic carbocycles. The van der Waals surface area contributed by atoms with E-state index in [9.17, 15) is 10.1 Å². The van der Waals surface area contributed by atoms with Gasteiger partial charge in [0.25, 0.3) is 5.56 Å². The van der Waals surface area contributed by atoms with E-state index in [1.807, 2.05) is 32.2 Å². The van der Waals surface area contributed by atoms with Crippen molar-refractivity contribution < 1.29 is 0 Å². The maximum Gasteiger partial charge on any atom is 0.253 e. The minimum absolute atomic E-state index is 0.0332. The van der Waals surface area contributed by atoms with E-state index < -0.39 is 0 Å². The van der Waals surface area contributed by atoms with Gasteiger partial charge in [-0.05, 0) is 32.3 Å². The number of fused-ring (bicyclic) bond motifs is 1. The quantitative estimate of drug-likeness (QED) is 0.608. The average Bonchev–Trinajstić information content (AvgIpc) is 3.04. The third-order valence-corrected chi connectivity index (χ3v) is 5.10. The first-order chi connectivity index (χ1) is 14.0. The Morgan fingerprint density at radius 1 is 1.34 bits per heavy atom. The highest BCUT2D eigenvalue weighted by Gasteiger charge is 2.18. The van der Waals surface area contributed by atoms with Gasteiger partial charge in [0, 0.05) is 30.4 Å². The molecule has 3 heterocycles. The number of rotatable bonds is 8. The topological polar surface area (TPSA) is 114 Å². The van der Waals surface area contributed by atoms with Crippen molar-refractivity contribution in [3.8, 4) is 6.07 Å². The van der Waals surface area contributed by atoms with E-state index in [-0.39, 0.29) is 16.9 Å². The molecule has 0 unspecified atom stereocenters. The van der Waals surface area contributed by atoms with Crippen LogP contribution in [0.2, 0.25) is 0 Å². The number of nitrogens with one attached hydrogen (secondary N) is 1. The van der Waals surface area contributed by atoms with Crippen LogP contribution in [0.3, 0.4) is 0 Å². The van der Waals surface area contributed by atoms with Crippen LogP contribution < -0.4 is 16.6 Å².